The minimum atomic E-state index is 0.858. The Balaban J connectivity index is 2.86. The SMILES string of the molecule is CCNc1ccc(OC)c(Br)c1. The van der Waals surface area contributed by atoms with E-state index >= 15 is 0 Å². The molecule has 1 N–H and O–H groups in total. The van der Waals surface area contributed by atoms with E-state index < -0.39 is 0 Å². The van der Waals surface area contributed by atoms with Crippen molar-refractivity contribution < 1.29 is 4.74 Å². The van der Waals surface area contributed by atoms with Crippen LogP contribution < -0.4 is 10.1 Å². The van der Waals surface area contributed by atoms with E-state index in [0.29, 0.717) is 0 Å². The molecule has 0 aliphatic heterocycles. The van der Waals surface area contributed by atoms with Crippen LogP contribution in [0.1, 0.15) is 6.92 Å². The Morgan fingerprint density at radius 3 is 2.75 bits per heavy atom. The van der Waals surface area contributed by atoms with Crippen molar-refractivity contribution in [3.63, 3.8) is 0 Å². The third kappa shape index (κ3) is 2.14. The second-order valence-corrected chi connectivity index (χ2v) is 3.23. The molecule has 66 valence electrons. The molecule has 0 saturated heterocycles. The molecular formula is C9H12BrNO. The molecule has 0 radical (unpaired) electrons. The van der Waals surface area contributed by atoms with Crippen LogP contribution in [0.4, 0.5) is 5.69 Å². The second-order valence-electron chi connectivity index (χ2n) is 2.38. The van der Waals surface area contributed by atoms with Gasteiger partial charge in [0.05, 0.1) is 11.6 Å². The summed E-state index contributed by atoms with van der Waals surface area (Å²) in [7, 11) is 1.66. The number of benzene rings is 1. The summed E-state index contributed by atoms with van der Waals surface area (Å²) in [6.07, 6.45) is 0. The lowest BCUT2D eigenvalue weighted by atomic mass is 10.3. The van der Waals surface area contributed by atoms with Crippen molar-refractivity contribution in [3.05, 3.63) is 22.7 Å². The van der Waals surface area contributed by atoms with E-state index in [1.54, 1.807) is 7.11 Å². The van der Waals surface area contributed by atoms with E-state index in [1.807, 2.05) is 18.2 Å². The van der Waals surface area contributed by atoms with Gasteiger partial charge in [-0.05, 0) is 41.1 Å². The molecule has 3 heteroatoms. The smallest absolute Gasteiger partial charge is 0.133 e. The zero-order chi connectivity index (χ0) is 8.97. The summed E-state index contributed by atoms with van der Waals surface area (Å²) in [6, 6.07) is 5.93. The van der Waals surface area contributed by atoms with E-state index in [4.69, 9.17) is 4.74 Å². The van der Waals surface area contributed by atoms with Crippen molar-refractivity contribution in [3.8, 4) is 5.75 Å². The van der Waals surface area contributed by atoms with Gasteiger partial charge in [-0.2, -0.15) is 0 Å². The van der Waals surface area contributed by atoms with Crippen LogP contribution in [0.5, 0.6) is 5.75 Å². The number of rotatable bonds is 3. The summed E-state index contributed by atoms with van der Waals surface area (Å²) in [5.74, 6) is 0.858. The topological polar surface area (TPSA) is 21.3 Å². The standard InChI is InChI=1S/C9H12BrNO/c1-3-11-7-4-5-9(12-2)8(10)6-7/h4-6,11H,3H2,1-2H3. The number of ether oxygens (including phenoxy) is 1. The molecule has 0 unspecified atom stereocenters. The third-order valence-electron chi connectivity index (χ3n) is 1.53. The van der Waals surface area contributed by atoms with E-state index in [9.17, 15) is 0 Å². The molecule has 0 aliphatic rings. The summed E-state index contributed by atoms with van der Waals surface area (Å²) in [5.41, 5.74) is 1.10. The number of anilines is 1. The van der Waals surface area contributed by atoms with Crippen molar-refractivity contribution >= 4 is 21.6 Å². The molecule has 0 fully saturated rings. The Kier molecular flexibility index (Phi) is 3.41. The van der Waals surface area contributed by atoms with E-state index in [2.05, 4.69) is 28.2 Å². The van der Waals surface area contributed by atoms with Gasteiger partial charge in [0.15, 0.2) is 0 Å². The number of hydrogen-bond acceptors (Lipinski definition) is 2. The lowest BCUT2D eigenvalue weighted by molar-refractivity contribution is 0.412. The first-order chi connectivity index (χ1) is 5.77. The number of halogens is 1. The van der Waals surface area contributed by atoms with Gasteiger partial charge in [-0.15, -0.1) is 0 Å². The number of nitrogens with one attached hydrogen (secondary N) is 1. The molecule has 0 amide bonds. The zero-order valence-electron chi connectivity index (χ0n) is 7.23. The molecule has 0 atom stereocenters. The van der Waals surface area contributed by atoms with Gasteiger partial charge in [0.25, 0.3) is 0 Å². The van der Waals surface area contributed by atoms with Crippen LogP contribution in [0.2, 0.25) is 0 Å². The van der Waals surface area contributed by atoms with Crippen LogP contribution >= 0.6 is 15.9 Å². The summed E-state index contributed by atoms with van der Waals surface area (Å²) in [5, 5.41) is 3.21. The van der Waals surface area contributed by atoms with Crippen molar-refractivity contribution in [1.82, 2.24) is 0 Å². The van der Waals surface area contributed by atoms with Crippen molar-refractivity contribution in [2.45, 2.75) is 6.92 Å². The zero-order valence-corrected chi connectivity index (χ0v) is 8.81. The maximum absolute atomic E-state index is 5.10. The molecule has 1 rings (SSSR count). The van der Waals surface area contributed by atoms with Crippen molar-refractivity contribution in [2.24, 2.45) is 0 Å². The van der Waals surface area contributed by atoms with Crippen LogP contribution in [0.3, 0.4) is 0 Å². The predicted octanol–water partition coefficient (Wildman–Crippen LogP) is 2.89. The molecule has 0 aliphatic carbocycles. The Morgan fingerprint density at radius 1 is 1.50 bits per heavy atom. The Bertz CT molecular complexity index is 263. The molecule has 0 saturated carbocycles. The summed E-state index contributed by atoms with van der Waals surface area (Å²) in [6.45, 7) is 3.00. The van der Waals surface area contributed by atoms with E-state index in [0.717, 1.165) is 22.5 Å². The molecule has 0 spiro atoms. The van der Waals surface area contributed by atoms with Gasteiger partial charge < -0.3 is 10.1 Å². The Hall–Kier alpha value is -0.700. The van der Waals surface area contributed by atoms with Gasteiger partial charge in [-0.25, -0.2) is 0 Å². The average Bonchev–Trinajstić information content (AvgIpc) is 2.05. The molecule has 0 heterocycles. The predicted molar refractivity (Wildman–Crippen MR) is 54.9 cm³/mol. The molecular weight excluding hydrogens is 218 g/mol. The highest BCUT2D eigenvalue weighted by atomic mass is 79.9. The van der Waals surface area contributed by atoms with Gasteiger partial charge in [-0.3, -0.25) is 0 Å². The summed E-state index contributed by atoms with van der Waals surface area (Å²) < 4.78 is 6.08. The minimum absolute atomic E-state index is 0.858. The third-order valence-corrected chi connectivity index (χ3v) is 2.15. The highest BCUT2D eigenvalue weighted by Gasteiger charge is 1.99. The fourth-order valence-corrected chi connectivity index (χ4v) is 1.52. The van der Waals surface area contributed by atoms with Crippen LogP contribution in [-0.4, -0.2) is 13.7 Å². The van der Waals surface area contributed by atoms with Gasteiger partial charge in [-0.1, -0.05) is 0 Å². The van der Waals surface area contributed by atoms with Gasteiger partial charge in [0.1, 0.15) is 5.75 Å². The Labute approximate surface area is 81.1 Å². The maximum Gasteiger partial charge on any atom is 0.133 e. The van der Waals surface area contributed by atoms with Crippen LogP contribution in [-0.2, 0) is 0 Å². The van der Waals surface area contributed by atoms with Crippen LogP contribution in [0.15, 0.2) is 22.7 Å². The number of methoxy groups -OCH3 is 1. The van der Waals surface area contributed by atoms with Gasteiger partial charge in [0, 0.05) is 12.2 Å². The lowest BCUT2D eigenvalue weighted by Crippen LogP contribution is -1.96. The quantitative estimate of drug-likeness (QED) is 0.861. The fourth-order valence-electron chi connectivity index (χ4n) is 0.980. The molecule has 1 aromatic rings. The van der Waals surface area contributed by atoms with Gasteiger partial charge in [0.2, 0.25) is 0 Å². The van der Waals surface area contributed by atoms with E-state index in [-0.39, 0.29) is 0 Å². The number of hydrogen-bond donors (Lipinski definition) is 1. The highest BCUT2D eigenvalue weighted by Crippen LogP contribution is 2.27. The van der Waals surface area contributed by atoms with E-state index in [1.165, 1.54) is 0 Å². The first-order valence-electron chi connectivity index (χ1n) is 3.85. The largest absolute Gasteiger partial charge is 0.496 e. The summed E-state index contributed by atoms with van der Waals surface area (Å²) >= 11 is 3.41. The molecule has 2 nitrogen and oxygen atoms in total. The van der Waals surface area contributed by atoms with Gasteiger partial charge >= 0.3 is 0 Å². The average molecular weight is 230 g/mol. The Morgan fingerprint density at radius 2 is 2.25 bits per heavy atom. The monoisotopic (exact) mass is 229 g/mol. The fraction of sp³-hybridized carbons (Fsp3) is 0.333. The van der Waals surface area contributed by atoms with Crippen molar-refractivity contribution in [2.75, 3.05) is 19.0 Å². The maximum atomic E-state index is 5.10. The lowest BCUT2D eigenvalue weighted by Gasteiger charge is -2.06. The molecule has 12 heavy (non-hydrogen) atoms. The molecule has 0 bridgehead atoms. The molecule has 0 aromatic heterocycles. The first-order valence-corrected chi connectivity index (χ1v) is 4.64. The second kappa shape index (κ2) is 4.36. The normalized spacial score (nSPS) is 9.58. The van der Waals surface area contributed by atoms with Crippen molar-refractivity contribution in [1.29, 1.82) is 0 Å². The minimum Gasteiger partial charge on any atom is -0.496 e. The summed E-state index contributed by atoms with van der Waals surface area (Å²) in [4.78, 5) is 0. The molecule has 1 aromatic carbocycles. The van der Waals surface area contributed by atoms with Crippen LogP contribution in [0, 0.1) is 0 Å². The highest BCUT2D eigenvalue weighted by molar-refractivity contribution is 9.10. The first kappa shape index (κ1) is 9.39. The van der Waals surface area contributed by atoms with Crippen LogP contribution in [0.25, 0.3) is 0 Å².